The maximum Gasteiger partial charge on any atom is 0.223 e. The van der Waals surface area contributed by atoms with E-state index in [0.717, 1.165) is 5.56 Å². The molecule has 0 spiro atoms. The summed E-state index contributed by atoms with van der Waals surface area (Å²) in [5, 5.41) is 3.34. The lowest BCUT2D eigenvalue weighted by Gasteiger charge is -2.22. The molecule has 0 fully saturated rings. The van der Waals surface area contributed by atoms with Gasteiger partial charge in [-0.2, -0.15) is 0 Å². The van der Waals surface area contributed by atoms with Gasteiger partial charge < -0.3 is 10.2 Å². The highest BCUT2D eigenvalue weighted by atomic mass is 35.5. The number of rotatable bonds is 6. The quantitative estimate of drug-likeness (QED) is 0.882. The second kappa shape index (κ2) is 8.34. The SMILES string of the molecule is CC(=O)N(CCC(=O)NCc1ccccc1)c1ccccc1Cl. The molecule has 5 heteroatoms. The van der Waals surface area contributed by atoms with Crippen LogP contribution >= 0.6 is 11.6 Å². The van der Waals surface area contributed by atoms with Gasteiger partial charge in [-0.1, -0.05) is 54.1 Å². The molecular weight excluding hydrogens is 312 g/mol. The van der Waals surface area contributed by atoms with Crippen molar-refractivity contribution in [1.29, 1.82) is 0 Å². The molecule has 2 aromatic carbocycles. The lowest BCUT2D eigenvalue weighted by atomic mass is 10.2. The van der Waals surface area contributed by atoms with Crippen LogP contribution in [0.25, 0.3) is 0 Å². The zero-order chi connectivity index (χ0) is 16.7. The van der Waals surface area contributed by atoms with Gasteiger partial charge in [-0.15, -0.1) is 0 Å². The molecule has 0 aromatic heterocycles. The van der Waals surface area contributed by atoms with Gasteiger partial charge in [-0.3, -0.25) is 9.59 Å². The summed E-state index contributed by atoms with van der Waals surface area (Å²) >= 11 is 6.13. The summed E-state index contributed by atoms with van der Waals surface area (Å²) in [6.45, 7) is 2.23. The maximum absolute atomic E-state index is 12.0. The van der Waals surface area contributed by atoms with E-state index in [1.54, 1.807) is 18.2 Å². The first kappa shape index (κ1) is 17.0. The molecule has 0 saturated heterocycles. The largest absolute Gasteiger partial charge is 0.352 e. The summed E-state index contributed by atoms with van der Waals surface area (Å²) in [7, 11) is 0. The fourth-order valence-corrected chi connectivity index (χ4v) is 2.45. The average Bonchev–Trinajstić information content (AvgIpc) is 2.55. The molecule has 0 heterocycles. The molecule has 0 radical (unpaired) electrons. The van der Waals surface area contributed by atoms with Crippen LogP contribution in [-0.2, 0) is 16.1 Å². The first-order chi connectivity index (χ1) is 11.1. The first-order valence-corrected chi connectivity index (χ1v) is 7.79. The Labute approximate surface area is 141 Å². The van der Waals surface area contributed by atoms with Crippen molar-refractivity contribution in [2.75, 3.05) is 11.4 Å². The highest BCUT2D eigenvalue weighted by Crippen LogP contribution is 2.25. The molecule has 0 aliphatic rings. The fourth-order valence-electron chi connectivity index (χ4n) is 2.22. The minimum absolute atomic E-state index is 0.104. The molecule has 0 aliphatic heterocycles. The third-order valence-electron chi connectivity index (χ3n) is 3.42. The minimum Gasteiger partial charge on any atom is -0.352 e. The Kier molecular flexibility index (Phi) is 6.18. The first-order valence-electron chi connectivity index (χ1n) is 7.41. The molecule has 2 aromatic rings. The zero-order valence-electron chi connectivity index (χ0n) is 13.0. The molecule has 2 amide bonds. The predicted molar refractivity (Wildman–Crippen MR) is 92.4 cm³/mol. The molecule has 0 atom stereocenters. The van der Waals surface area contributed by atoms with Gasteiger partial charge in [0.25, 0.3) is 0 Å². The summed E-state index contributed by atoms with van der Waals surface area (Å²) < 4.78 is 0. The van der Waals surface area contributed by atoms with Gasteiger partial charge in [-0.25, -0.2) is 0 Å². The highest BCUT2D eigenvalue weighted by Gasteiger charge is 2.15. The number of hydrogen-bond acceptors (Lipinski definition) is 2. The van der Waals surface area contributed by atoms with Crippen LogP contribution in [-0.4, -0.2) is 18.4 Å². The molecule has 0 bridgehead atoms. The van der Waals surface area contributed by atoms with Crippen LogP contribution in [0, 0.1) is 0 Å². The van der Waals surface area contributed by atoms with Crippen LogP contribution in [0.3, 0.4) is 0 Å². The maximum atomic E-state index is 12.0. The van der Waals surface area contributed by atoms with E-state index >= 15 is 0 Å². The zero-order valence-corrected chi connectivity index (χ0v) is 13.7. The fraction of sp³-hybridized carbons (Fsp3) is 0.222. The van der Waals surface area contributed by atoms with Crippen LogP contribution < -0.4 is 10.2 Å². The number of para-hydroxylation sites is 1. The second-order valence-electron chi connectivity index (χ2n) is 5.13. The molecule has 1 N–H and O–H groups in total. The Balaban J connectivity index is 1.90. The molecule has 120 valence electrons. The van der Waals surface area contributed by atoms with Gasteiger partial charge in [0.1, 0.15) is 0 Å². The average molecular weight is 331 g/mol. The van der Waals surface area contributed by atoms with Crippen LogP contribution in [0.5, 0.6) is 0 Å². The van der Waals surface area contributed by atoms with Crippen LogP contribution in [0.2, 0.25) is 5.02 Å². The Bertz CT molecular complexity index is 674. The summed E-state index contributed by atoms with van der Waals surface area (Å²) in [5.41, 5.74) is 1.66. The number of hydrogen-bond donors (Lipinski definition) is 1. The number of carbonyl (C=O) groups is 2. The monoisotopic (exact) mass is 330 g/mol. The van der Waals surface area contributed by atoms with E-state index in [9.17, 15) is 9.59 Å². The number of benzene rings is 2. The molecule has 0 saturated carbocycles. The summed E-state index contributed by atoms with van der Waals surface area (Å²) in [5.74, 6) is -0.249. The van der Waals surface area contributed by atoms with Gasteiger partial charge >= 0.3 is 0 Å². The lowest BCUT2D eigenvalue weighted by Crippen LogP contribution is -2.33. The van der Waals surface area contributed by atoms with E-state index in [1.165, 1.54) is 11.8 Å². The molecule has 23 heavy (non-hydrogen) atoms. The van der Waals surface area contributed by atoms with Crippen LogP contribution in [0.1, 0.15) is 18.9 Å². The Morgan fingerprint density at radius 2 is 1.70 bits per heavy atom. The Hall–Kier alpha value is -2.33. The normalized spacial score (nSPS) is 10.2. The molecule has 4 nitrogen and oxygen atoms in total. The minimum atomic E-state index is -0.144. The lowest BCUT2D eigenvalue weighted by molar-refractivity contribution is -0.121. The van der Waals surface area contributed by atoms with Crippen molar-refractivity contribution < 1.29 is 9.59 Å². The topological polar surface area (TPSA) is 49.4 Å². The van der Waals surface area contributed by atoms with Gasteiger partial charge in [0.2, 0.25) is 11.8 Å². The number of anilines is 1. The summed E-state index contributed by atoms with van der Waals surface area (Å²) in [6, 6.07) is 16.8. The smallest absolute Gasteiger partial charge is 0.223 e. The Morgan fingerprint density at radius 3 is 2.35 bits per heavy atom. The van der Waals surface area contributed by atoms with Crippen molar-refractivity contribution in [2.24, 2.45) is 0 Å². The number of carbonyl (C=O) groups excluding carboxylic acids is 2. The van der Waals surface area contributed by atoms with E-state index in [4.69, 9.17) is 11.6 Å². The third-order valence-corrected chi connectivity index (χ3v) is 3.74. The second-order valence-corrected chi connectivity index (χ2v) is 5.54. The number of halogens is 1. The Morgan fingerprint density at radius 1 is 1.04 bits per heavy atom. The van der Waals surface area contributed by atoms with Crippen LogP contribution in [0.15, 0.2) is 54.6 Å². The van der Waals surface area contributed by atoms with Crippen molar-refractivity contribution in [1.82, 2.24) is 5.32 Å². The third kappa shape index (κ3) is 5.11. The molecule has 0 aliphatic carbocycles. The number of nitrogens with one attached hydrogen (secondary N) is 1. The highest BCUT2D eigenvalue weighted by molar-refractivity contribution is 6.33. The van der Waals surface area contributed by atoms with Crippen molar-refractivity contribution in [2.45, 2.75) is 19.9 Å². The van der Waals surface area contributed by atoms with E-state index < -0.39 is 0 Å². The number of nitrogens with zero attached hydrogens (tertiary/aromatic N) is 1. The van der Waals surface area contributed by atoms with E-state index in [1.807, 2.05) is 36.4 Å². The standard InChI is InChI=1S/C18H19ClN2O2/c1-14(22)21(17-10-6-5-9-16(17)19)12-11-18(23)20-13-15-7-3-2-4-8-15/h2-10H,11-13H2,1H3,(H,20,23). The number of amides is 2. The van der Waals surface area contributed by atoms with Gasteiger partial charge in [-0.05, 0) is 17.7 Å². The predicted octanol–water partition coefficient (Wildman–Crippen LogP) is 3.40. The van der Waals surface area contributed by atoms with Crippen molar-refractivity contribution in [3.8, 4) is 0 Å². The van der Waals surface area contributed by atoms with E-state index in [-0.39, 0.29) is 18.2 Å². The summed E-state index contributed by atoms with van der Waals surface area (Å²) in [4.78, 5) is 25.3. The van der Waals surface area contributed by atoms with Crippen molar-refractivity contribution in [3.05, 3.63) is 65.2 Å². The van der Waals surface area contributed by atoms with Crippen molar-refractivity contribution >= 4 is 29.1 Å². The van der Waals surface area contributed by atoms with Crippen LogP contribution in [0.4, 0.5) is 5.69 Å². The van der Waals surface area contributed by atoms with Gasteiger partial charge in [0, 0.05) is 26.4 Å². The van der Waals surface area contributed by atoms with Crippen molar-refractivity contribution in [3.63, 3.8) is 0 Å². The van der Waals surface area contributed by atoms with Gasteiger partial charge in [0.05, 0.1) is 10.7 Å². The molecular formula is C18H19ClN2O2. The molecule has 0 unspecified atom stereocenters. The molecule has 2 rings (SSSR count). The van der Waals surface area contributed by atoms with E-state index in [0.29, 0.717) is 23.8 Å². The van der Waals surface area contributed by atoms with E-state index in [2.05, 4.69) is 5.32 Å². The summed E-state index contributed by atoms with van der Waals surface area (Å²) in [6.07, 6.45) is 0.220. The van der Waals surface area contributed by atoms with Gasteiger partial charge in [0.15, 0.2) is 0 Å².